The van der Waals surface area contributed by atoms with Crippen LogP contribution in [0.3, 0.4) is 0 Å². The minimum Gasteiger partial charge on any atom is -0.309 e. The minimum absolute atomic E-state index is 0.114. The first-order valence-electron chi connectivity index (χ1n) is 3.67. The molecule has 60 valence electrons. The van der Waals surface area contributed by atoms with Crippen molar-refractivity contribution in [1.82, 2.24) is 5.32 Å². The molecule has 0 aromatic carbocycles. The zero-order chi connectivity index (χ0) is 8.20. The third kappa shape index (κ3) is 5.76. The van der Waals surface area contributed by atoms with Crippen LogP contribution in [-0.4, -0.2) is 17.9 Å². The van der Waals surface area contributed by atoms with E-state index in [4.69, 9.17) is 0 Å². The maximum Gasteiger partial charge on any atom is 0.121 e. The number of aldehydes is 1. The first kappa shape index (κ1) is 9.63. The van der Waals surface area contributed by atoms with Crippen LogP contribution in [0.15, 0.2) is 0 Å². The molecule has 0 heterocycles. The van der Waals surface area contributed by atoms with E-state index in [0.717, 1.165) is 6.29 Å². The Bertz CT molecular complexity index is 104. The summed E-state index contributed by atoms with van der Waals surface area (Å²) in [6.07, 6.45) is 1.54. The summed E-state index contributed by atoms with van der Waals surface area (Å²) >= 11 is 0. The highest BCUT2D eigenvalue weighted by Crippen LogP contribution is 2.01. The van der Waals surface area contributed by atoms with Crippen molar-refractivity contribution < 1.29 is 4.79 Å². The molecule has 0 aliphatic heterocycles. The molecule has 2 heteroatoms. The average molecular weight is 143 g/mol. The lowest BCUT2D eigenvalue weighted by Crippen LogP contribution is -2.42. The van der Waals surface area contributed by atoms with E-state index in [1.54, 1.807) is 0 Å². The van der Waals surface area contributed by atoms with E-state index in [1.165, 1.54) is 0 Å². The molecule has 2 nitrogen and oxygen atoms in total. The van der Waals surface area contributed by atoms with Gasteiger partial charge >= 0.3 is 0 Å². The zero-order valence-corrected chi connectivity index (χ0v) is 7.27. The molecule has 0 saturated heterocycles. The van der Waals surface area contributed by atoms with E-state index in [9.17, 15) is 4.79 Å². The van der Waals surface area contributed by atoms with Gasteiger partial charge in [0.2, 0.25) is 0 Å². The van der Waals surface area contributed by atoms with Crippen molar-refractivity contribution in [3.8, 4) is 0 Å². The van der Waals surface area contributed by atoms with E-state index < -0.39 is 0 Å². The SMILES string of the molecule is CC(CC=O)NC(C)(C)C. The van der Waals surface area contributed by atoms with Gasteiger partial charge in [0.15, 0.2) is 0 Å². The highest BCUT2D eigenvalue weighted by Gasteiger charge is 2.12. The van der Waals surface area contributed by atoms with E-state index in [-0.39, 0.29) is 11.6 Å². The molecular weight excluding hydrogens is 126 g/mol. The van der Waals surface area contributed by atoms with Crippen molar-refractivity contribution >= 4 is 6.29 Å². The van der Waals surface area contributed by atoms with E-state index in [1.807, 2.05) is 6.92 Å². The van der Waals surface area contributed by atoms with Gasteiger partial charge in [-0.15, -0.1) is 0 Å². The van der Waals surface area contributed by atoms with Gasteiger partial charge in [-0.05, 0) is 27.7 Å². The fraction of sp³-hybridized carbons (Fsp3) is 0.875. The molecule has 0 aromatic heterocycles. The number of nitrogens with one attached hydrogen (secondary N) is 1. The lowest BCUT2D eigenvalue weighted by molar-refractivity contribution is -0.108. The Morgan fingerprint density at radius 2 is 2.00 bits per heavy atom. The van der Waals surface area contributed by atoms with Crippen LogP contribution in [-0.2, 0) is 4.79 Å². The van der Waals surface area contributed by atoms with Crippen molar-refractivity contribution in [3.05, 3.63) is 0 Å². The van der Waals surface area contributed by atoms with E-state index in [2.05, 4.69) is 26.1 Å². The van der Waals surface area contributed by atoms with E-state index in [0.29, 0.717) is 6.42 Å². The monoisotopic (exact) mass is 143 g/mol. The van der Waals surface area contributed by atoms with Crippen LogP contribution in [0.1, 0.15) is 34.1 Å². The summed E-state index contributed by atoms with van der Waals surface area (Å²) in [5, 5.41) is 3.29. The average Bonchev–Trinajstić information content (AvgIpc) is 1.59. The highest BCUT2D eigenvalue weighted by molar-refractivity contribution is 5.50. The van der Waals surface area contributed by atoms with Gasteiger partial charge in [0.1, 0.15) is 6.29 Å². The summed E-state index contributed by atoms with van der Waals surface area (Å²) < 4.78 is 0. The molecule has 0 aliphatic carbocycles. The predicted octanol–water partition coefficient (Wildman–Crippen LogP) is 1.35. The normalized spacial score (nSPS) is 14.8. The molecule has 1 N–H and O–H groups in total. The molecule has 1 atom stereocenters. The first-order chi connectivity index (χ1) is 4.45. The molecule has 0 fully saturated rings. The molecular formula is C8H17NO. The largest absolute Gasteiger partial charge is 0.309 e. The Kier molecular flexibility index (Phi) is 3.58. The van der Waals surface area contributed by atoms with Crippen LogP contribution in [0.25, 0.3) is 0 Å². The number of rotatable bonds is 3. The molecule has 0 aliphatic rings. The second-order valence-electron chi connectivity index (χ2n) is 3.70. The van der Waals surface area contributed by atoms with Crippen molar-refractivity contribution in [1.29, 1.82) is 0 Å². The minimum atomic E-state index is 0.114. The van der Waals surface area contributed by atoms with Crippen molar-refractivity contribution in [2.75, 3.05) is 0 Å². The van der Waals surface area contributed by atoms with Gasteiger partial charge in [0, 0.05) is 18.0 Å². The van der Waals surface area contributed by atoms with Crippen LogP contribution in [0.5, 0.6) is 0 Å². The van der Waals surface area contributed by atoms with Gasteiger partial charge in [0.05, 0.1) is 0 Å². The molecule has 0 bridgehead atoms. The number of carbonyl (C=O) groups is 1. The van der Waals surface area contributed by atoms with Crippen LogP contribution < -0.4 is 5.32 Å². The number of carbonyl (C=O) groups excluding carboxylic acids is 1. The number of hydrogen-bond donors (Lipinski definition) is 1. The fourth-order valence-corrected chi connectivity index (χ4v) is 0.942. The quantitative estimate of drug-likeness (QED) is 0.604. The molecule has 0 aromatic rings. The van der Waals surface area contributed by atoms with Gasteiger partial charge in [-0.25, -0.2) is 0 Å². The van der Waals surface area contributed by atoms with Crippen molar-refractivity contribution in [2.24, 2.45) is 0 Å². The summed E-state index contributed by atoms with van der Waals surface area (Å²) in [6, 6.07) is 0.289. The topological polar surface area (TPSA) is 29.1 Å². The van der Waals surface area contributed by atoms with Gasteiger partial charge in [-0.1, -0.05) is 0 Å². The molecule has 0 saturated carbocycles. The molecule has 0 radical (unpaired) electrons. The predicted molar refractivity (Wildman–Crippen MR) is 43.0 cm³/mol. The Labute approximate surface area is 63.0 Å². The molecule has 10 heavy (non-hydrogen) atoms. The third-order valence-electron chi connectivity index (χ3n) is 1.13. The summed E-state index contributed by atoms with van der Waals surface area (Å²) in [5.41, 5.74) is 0.114. The van der Waals surface area contributed by atoms with Crippen LogP contribution in [0, 0.1) is 0 Å². The summed E-state index contributed by atoms with van der Waals surface area (Å²) in [5.74, 6) is 0. The Hall–Kier alpha value is -0.370. The van der Waals surface area contributed by atoms with Gasteiger partial charge in [-0.3, -0.25) is 0 Å². The second-order valence-corrected chi connectivity index (χ2v) is 3.70. The third-order valence-corrected chi connectivity index (χ3v) is 1.13. The first-order valence-corrected chi connectivity index (χ1v) is 3.67. The summed E-state index contributed by atoms with van der Waals surface area (Å²) in [4.78, 5) is 10.1. The van der Waals surface area contributed by atoms with Gasteiger partial charge in [0.25, 0.3) is 0 Å². The smallest absolute Gasteiger partial charge is 0.121 e. The van der Waals surface area contributed by atoms with Crippen LogP contribution in [0.2, 0.25) is 0 Å². The van der Waals surface area contributed by atoms with Gasteiger partial charge in [-0.2, -0.15) is 0 Å². The van der Waals surface area contributed by atoms with E-state index >= 15 is 0 Å². The fourth-order valence-electron chi connectivity index (χ4n) is 0.942. The lowest BCUT2D eigenvalue weighted by Gasteiger charge is -2.24. The maximum atomic E-state index is 10.1. The molecule has 0 amide bonds. The second kappa shape index (κ2) is 3.71. The maximum absolute atomic E-state index is 10.1. The van der Waals surface area contributed by atoms with Crippen LogP contribution >= 0.6 is 0 Å². The standard InChI is InChI=1S/C8H17NO/c1-7(5-6-10)9-8(2,3)4/h6-7,9H,5H2,1-4H3. The molecule has 0 spiro atoms. The zero-order valence-electron chi connectivity index (χ0n) is 7.27. The summed E-state index contributed by atoms with van der Waals surface area (Å²) in [7, 11) is 0. The molecule has 1 unspecified atom stereocenters. The number of hydrogen-bond acceptors (Lipinski definition) is 2. The van der Waals surface area contributed by atoms with Crippen molar-refractivity contribution in [2.45, 2.75) is 45.7 Å². The Morgan fingerprint density at radius 1 is 1.50 bits per heavy atom. The van der Waals surface area contributed by atoms with Crippen molar-refractivity contribution in [3.63, 3.8) is 0 Å². The van der Waals surface area contributed by atoms with Crippen LogP contribution in [0.4, 0.5) is 0 Å². The highest BCUT2D eigenvalue weighted by atomic mass is 16.1. The Morgan fingerprint density at radius 3 is 2.30 bits per heavy atom. The summed E-state index contributed by atoms with van der Waals surface area (Å²) in [6.45, 7) is 8.29. The molecule has 0 rings (SSSR count). The van der Waals surface area contributed by atoms with Gasteiger partial charge < -0.3 is 10.1 Å². The lowest BCUT2D eigenvalue weighted by atomic mass is 10.1. The Balaban J connectivity index is 3.56.